The number of amides is 1. The Balaban J connectivity index is 2.31. The van der Waals surface area contributed by atoms with Crippen molar-refractivity contribution in [1.29, 1.82) is 0 Å². The topological polar surface area (TPSA) is 57.6 Å². The number of carbonyl (C=O) groups excluding carboxylic acids is 2. The van der Waals surface area contributed by atoms with Crippen LogP contribution in [0.3, 0.4) is 0 Å². The Labute approximate surface area is 116 Å². The molecule has 20 heavy (non-hydrogen) atoms. The number of hydroxylamine groups is 1. The normalized spacial score (nSPS) is 9.65. The third-order valence-electron chi connectivity index (χ3n) is 2.85. The molecular weight excluding hydrogens is 254 g/mol. The molecule has 0 radical (unpaired) electrons. The maximum Gasteiger partial charge on any atom is 0.282 e. The zero-order valence-corrected chi connectivity index (χ0v) is 10.7. The molecule has 1 N–H and O–H groups in total. The highest BCUT2D eigenvalue weighted by molar-refractivity contribution is 6.05. The molecule has 1 amide bonds. The molecule has 0 saturated carbocycles. The standard InChI is InChI=1S/C16H13NO3/c18-12-6-8-13-7-4-5-11-15(13)16(19)17(20)14-9-2-1-3-10-14/h1-7,9-11,20H,8H2. The van der Waals surface area contributed by atoms with Crippen LogP contribution in [0.15, 0.2) is 60.7 Å². The minimum absolute atomic E-state index is 0.300. The number of hydrogen-bond donors (Lipinski definition) is 1. The molecule has 0 aliphatic heterocycles. The van der Waals surface area contributed by atoms with Gasteiger partial charge in [0.25, 0.3) is 5.91 Å². The van der Waals surface area contributed by atoms with Crippen molar-refractivity contribution in [1.82, 2.24) is 0 Å². The number of nitrogens with zero attached hydrogens (tertiary/aromatic N) is 1. The van der Waals surface area contributed by atoms with Gasteiger partial charge in [-0.2, -0.15) is 5.06 Å². The van der Waals surface area contributed by atoms with Crippen LogP contribution in [0.25, 0.3) is 0 Å². The molecule has 2 rings (SSSR count). The van der Waals surface area contributed by atoms with Crippen molar-refractivity contribution in [3.8, 4) is 0 Å². The third kappa shape index (κ3) is 3.01. The number of carbonyl (C=O) groups is 1. The highest BCUT2D eigenvalue weighted by Crippen LogP contribution is 2.17. The predicted octanol–water partition coefficient (Wildman–Crippen LogP) is 2.65. The fourth-order valence-electron chi connectivity index (χ4n) is 1.86. The Morgan fingerprint density at radius 3 is 2.45 bits per heavy atom. The lowest BCUT2D eigenvalue weighted by Gasteiger charge is -2.16. The van der Waals surface area contributed by atoms with Crippen molar-refractivity contribution in [2.24, 2.45) is 0 Å². The van der Waals surface area contributed by atoms with Gasteiger partial charge >= 0.3 is 0 Å². The van der Waals surface area contributed by atoms with E-state index in [0.29, 0.717) is 28.3 Å². The predicted molar refractivity (Wildman–Crippen MR) is 75.4 cm³/mol. The monoisotopic (exact) mass is 267 g/mol. The maximum absolute atomic E-state index is 12.3. The van der Waals surface area contributed by atoms with Crippen molar-refractivity contribution in [3.63, 3.8) is 0 Å². The van der Waals surface area contributed by atoms with E-state index in [1.54, 1.807) is 60.5 Å². The van der Waals surface area contributed by atoms with E-state index < -0.39 is 5.91 Å². The van der Waals surface area contributed by atoms with Gasteiger partial charge in [0.05, 0.1) is 5.69 Å². The van der Waals surface area contributed by atoms with Gasteiger partial charge in [-0.1, -0.05) is 36.4 Å². The van der Waals surface area contributed by atoms with Crippen molar-refractivity contribution in [2.45, 2.75) is 6.42 Å². The molecule has 0 spiro atoms. The zero-order valence-electron chi connectivity index (χ0n) is 10.7. The van der Waals surface area contributed by atoms with Gasteiger partial charge in [0.2, 0.25) is 0 Å². The van der Waals surface area contributed by atoms with Crippen molar-refractivity contribution in [2.75, 3.05) is 5.06 Å². The summed E-state index contributed by atoms with van der Waals surface area (Å²) in [5.41, 5.74) is 1.40. The SMILES string of the molecule is O=C=CCc1ccccc1C(=O)N(O)c1ccccc1. The summed E-state index contributed by atoms with van der Waals surface area (Å²) in [5.74, 6) is 1.14. The number of para-hydroxylation sites is 1. The first-order valence-electron chi connectivity index (χ1n) is 6.09. The van der Waals surface area contributed by atoms with E-state index in [1.165, 1.54) is 6.08 Å². The molecule has 4 heteroatoms. The van der Waals surface area contributed by atoms with Crippen molar-refractivity contribution >= 4 is 17.5 Å². The van der Waals surface area contributed by atoms with E-state index >= 15 is 0 Å². The second-order valence-electron chi connectivity index (χ2n) is 4.14. The average molecular weight is 267 g/mol. The van der Waals surface area contributed by atoms with Crippen LogP contribution in [-0.4, -0.2) is 17.1 Å². The van der Waals surface area contributed by atoms with Crippen LogP contribution < -0.4 is 5.06 Å². The Morgan fingerprint density at radius 2 is 1.75 bits per heavy atom. The molecule has 4 nitrogen and oxygen atoms in total. The lowest BCUT2D eigenvalue weighted by molar-refractivity contribution is 0.0854. The number of rotatable bonds is 4. The van der Waals surface area contributed by atoms with Gasteiger partial charge in [-0.15, -0.1) is 0 Å². The number of hydrogen-bond acceptors (Lipinski definition) is 3. The summed E-state index contributed by atoms with van der Waals surface area (Å²) in [7, 11) is 0. The summed E-state index contributed by atoms with van der Waals surface area (Å²) < 4.78 is 0. The van der Waals surface area contributed by atoms with Gasteiger partial charge in [0, 0.05) is 18.1 Å². The van der Waals surface area contributed by atoms with E-state index in [4.69, 9.17) is 0 Å². The molecule has 0 aliphatic rings. The van der Waals surface area contributed by atoms with Crippen LogP contribution in [0.2, 0.25) is 0 Å². The molecule has 0 saturated heterocycles. The second-order valence-corrected chi connectivity index (χ2v) is 4.14. The van der Waals surface area contributed by atoms with Gasteiger partial charge in [0.1, 0.15) is 5.94 Å². The largest absolute Gasteiger partial charge is 0.282 e. The first-order valence-corrected chi connectivity index (χ1v) is 6.09. The van der Waals surface area contributed by atoms with Crippen LogP contribution in [0.1, 0.15) is 15.9 Å². The minimum atomic E-state index is -0.536. The van der Waals surface area contributed by atoms with Gasteiger partial charge < -0.3 is 0 Å². The summed E-state index contributed by atoms with van der Waals surface area (Å²) in [6, 6.07) is 15.3. The van der Waals surface area contributed by atoms with Crippen LogP contribution in [-0.2, 0) is 11.2 Å². The number of allylic oxidation sites excluding steroid dienone is 1. The first kappa shape index (κ1) is 13.7. The Kier molecular flexibility index (Phi) is 4.45. The lowest BCUT2D eigenvalue weighted by atomic mass is 10.0. The molecule has 0 aromatic heterocycles. The molecule has 0 heterocycles. The van der Waals surface area contributed by atoms with Crippen LogP contribution in [0, 0.1) is 0 Å². The Hall–Kier alpha value is -2.68. The van der Waals surface area contributed by atoms with Gasteiger partial charge in [-0.25, -0.2) is 4.79 Å². The van der Waals surface area contributed by atoms with Gasteiger partial charge in [-0.3, -0.25) is 10.0 Å². The Morgan fingerprint density at radius 1 is 1.10 bits per heavy atom. The molecule has 2 aromatic carbocycles. The lowest BCUT2D eigenvalue weighted by Crippen LogP contribution is -2.27. The summed E-state index contributed by atoms with van der Waals surface area (Å²) in [5, 5.41) is 10.6. The molecule has 0 bridgehead atoms. The fraction of sp³-hybridized carbons (Fsp3) is 0.0625. The van der Waals surface area contributed by atoms with Crippen LogP contribution in [0.4, 0.5) is 5.69 Å². The van der Waals surface area contributed by atoms with Crippen LogP contribution >= 0.6 is 0 Å². The summed E-state index contributed by atoms with van der Waals surface area (Å²) in [4.78, 5) is 22.6. The van der Waals surface area contributed by atoms with E-state index in [9.17, 15) is 14.8 Å². The highest BCUT2D eigenvalue weighted by Gasteiger charge is 2.17. The molecule has 0 aliphatic carbocycles. The second kappa shape index (κ2) is 6.48. The molecule has 0 unspecified atom stereocenters. The van der Waals surface area contributed by atoms with Gasteiger partial charge in [-0.05, 0) is 23.8 Å². The van der Waals surface area contributed by atoms with Crippen molar-refractivity contribution < 1.29 is 14.8 Å². The van der Waals surface area contributed by atoms with E-state index in [-0.39, 0.29) is 0 Å². The third-order valence-corrected chi connectivity index (χ3v) is 2.85. The van der Waals surface area contributed by atoms with E-state index in [0.717, 1.165) is 0 Å². The first-order chi connectivity index (χ1) is 9.74. The molecule has 0 atom stereocenters. The van der Waals surface area contributed by atoms with Crippen molar-refractivity contribution in [3.05, 3.63) is 71.8 Å². The summed E-state index contributed by atoms with van der Waals surface area (Å²) in [6.45, 7) is 0. The smallest absolute Gasteiger partial charge is 0.281 e. The number of anilines is 1. The molecule has 2 aromatic rings. The minimum Gasteiger partial charge on any atom is -0.281 e. The molecule has 0 fully saturated rings. The summed E-state index contributed by atoms with van der Waals surface area (Å²) >= 11 is 0. The highest BCUT2D eigenvalue weighted by atomic mass is 16.5. The maximum atomic E-state index is 12.3. The average Bonchev–Trinajstić information content (AvgIpc) is 2.52. The Bertz CT molecular complexity index is 646. The van der Waals surface area contributed by atoms with E-state index in [2.05, 4.69) is 0 Å². The van der Waals surface area contributed by atoms with Crippen LogP contribution in [0.5, 0.6) is 0 Å². The summed E-state index contributed by atoms with van der Waals surface area (Å²) in [6.07, 6.45) is 1.60. The molecule has 100 valence electrons. The number of benzene rings is 2. The van der Waals surface area contributed by atoms with E-state index in [1.807, 2.05) is 0 Å². The zero-order chi connectivity index (χ0) is 14.4. The van der Waals surface area contributed by atoms with Gasteiger partial charge in [0.15, 0.2) is 0 Å². The molecular formula is C16H13NO3. The fourth-order valence-corrected chi connectivity index (χ4v) is 1.86. The quantitative estimate of drug-likeness (QED) is 0.526.